The van der Waals surface area contributed by atoms with E-state index in [0.717, 1.165) is 57.2 Å². The van der Waals surface area contributed by atoms with Gasteiger partial charge in [0, 0.05) is 69.8 Å². The van der Waals surface area contributed by atoms with Gasteiger partial charge in [-0.1, -0.05) is 112 Å². The van der Waals surface area contributed by atoms with E-state index in [1.165, 1.54) is 72.1 Å². The van der Waals surface area contributed by atoms with E-state index >= 15 is 0 Å². The van der Waals surface area contributed by atoms with Crippen LogP contribution < -0.4 is 14.5 Å². The lowest BCUT2D eigenvalue weighted by molar-refractivity contribution is 0.479. The maximum absolute atomic E-state index is 6.95. The number of hydrogen-bond donors (Lipinski definition) is 0. The van der Waals surface area contributed by atoms with E-state index in [4.69, 9.17) is 9.72 Å². The molecular weight excluding hydrogens is 819 g/mol. The highest BCUT2D eigenvalue weighted by Crippen LogP contribution is 2.46. The fraction of sp³-hybridized carbons (Fsp3) is 0.131. The van der Waals surface area contributed by atoms with Crippen LogP contribution in [0.25, 0.3) is 77.4 Å². The fourth-order valence-corrected chi connectivity index (χ4v) is 10.4. The Bertz CT molecular complexity index is 3620. The van der Waals surface area contributed by atoms with Gasteiger partial charge in [0.15, 0.2) is 0 Å². The van der Waals surface area contributed by atoms with Gasteiger partial charge >= 0.3 is 0 Å². The minimum atomic E-state index is -0.0932. The molecule has 0 atom stereocenters. The first-order chi connectivity index (χ1) is 32.6. The van der Waals surface area contributed by atoms with Crippen molar-refractivity contribution < 1.29 is 4.74 Å². The Labute approximate surface area is 391 Å². The third-order valence-electron chi connectivity index (χ3n) is 13.5. The number of pyridine rings is 1. The second-order valence-corrected chi connectivity index (χ2v) is 19.2. The summed E-state index contributed by atoms with van der Waals surface area (Å²) in [5, 5.41) is 4.75. The molecule has 3 aromatic heterocycles. The lowest BCUT2D eigenvalue weighted by atomic mass is 9.86. The number of anilines is 3. The van der Waals surface area contributed by atoms with Crippen LogP contribution in [-0.2, 0) is 5.41 Å². The molecule has 11 aromatic rings. The van der Waals surface area contributed by atoms with E-state index in [1.54, 1.807) is 0 Å². The molecule has 0 bridgehead atoms. The van der Waals surface area contributed by atoms with Crippen molar-refractivity contribution in [1.29, 1.82) is 0 Å². The summed E-state index contributed by atoms with van der Waals surface area (Å²) in [4.78, 5) is 9.85. The number of aryl methyl sites for hydroxylation is 2. The van der Waals surface area contributed by atoms with E-state index in [-0.39, 0.29) is 5.41 Å². The molecule has 0 fully saturated rings. The van der Waals surface area contributed by atoms with E-state index in [0.29, 0.717) is 0 Å². The van der Waals surface area contributed by atoms with Crippen LogP contribution in [0, 0.1) is 13.8 Å². The molecule has 0 spiro atoms. The van der Waals surface area contributed by atoms with Gasteiger partial charge in [-0.25, -0.2) is 4.98 Å². The van der Waals surface area contributed by atoms with Crippen LogP contribution in [0.15, 0.2) is 188 Å². The monoisotopic (exact) mass is 869 g/mol. The highest BCUT2D eigenvalue weighted by atomic mass is 16.5. The number of fused-ring (bicyclic) bond motifs is 7. The molecule has 1 aliphatic rings. The largest absolute Gasteiger partial charge is 0.457 e. The molecule has 0 aliphatic carbocycles. The maximum atomic E-state index is 6.95. The van der Waals surface area contributed by atoms with E-state index in [2.05, 4.69) is 243 Å². The normalized spacial score (nSPS) is 12.8. The zero-order valence-corrected chi connectivity index (χ0v) is 38.7. The number of hydrogen-bond acceptors (Lipinski definition) is 4. The van der Waals surface area contributed by atoms with Crippen LogP contribution in [0.2, 0.25) is 0 Å². The highest BCUT2D eigenvalue weighted by molar-refractivity contribution is 6.18. The molecule has 0 saturated heterocycles. The van der Waals surface area contributed by atoms with Gasteiger partial charge < -0.3 is 19.1 Å². The minimum absolute atomic E-state index is 0.0932. The summed E-state index contributed by atoms with van der Waals surface area (Å²) in [6, 6.07) is 65.8. The van der Waals surface area contributed by atoms with E-state index in [9.17, 15) is 0 Å². The Balaban J connectivity index is 1.05. The topological polar surface area (TPSA) is 38.5 Å². The molecule has 326 valence electrons. The Morgan fingerprint density at radius 2 is 1.10 bits per heavy atom. The van der Waals surface area contributed by atoms with Crippen molar-refractivity contribution >= 4 is 60.7 Å². The van der Waals surface area contributed by atoms with Crippen molar-refractivity contribution in [2.75, 3.05) is 23.5 Å². The first-order valence-electron chi connectivity index (χ1n) is 23.2. The SMILES string of the molecule is Cc1cc(-c2ccccc2)c2c(c1)c1cc(C)cc(-c3ccccc3)c1n2-c1ccnc(-n2c3ccccc3c3ccc(Oc4cc(N5CN(C)c6ccccc65)cc(C(C)(C)C)c4)cc32)c1. The van der Waals surface area contributed by atoms with Crippen LogP contribution in [-0.4, -0.2) is 27.8 Å². The molecule has 67 heavy (non-hydrogen) atoms. The van der Waals surface area contributed by atoms with Crippen LogP contribution in [0.1, 0.15) is 37.5 Å². The number of nitrogens with zero attached hydrogens (tertiary/aromatic N) is 5. The Morgan fingerprint density at radius 3 is 1.78 bits per heavy atom. The van der Waals surface area contributed by atoms with Crippen molar-refractivity contribution in [2.45, 2.75) is 40.0 Å². The summed E-state index contributed by atoms with van der Waals surface area (Å²) in [6.45, 7) is 12.0. The molecule has 0 radical (unpaired) electrons. The molecule has 4 heterocycles. The molecule has 6 heteroatoms. The molecule has 0 unspecified atom stereocenters. The number of benzene rings is 8. The zero-order valence-electron chi connectivity index (χ0n) is 38.7. The third kappa shape index (κ3) is 6.82. The molecule has 1 aliphatic heterocycles. The second-order valence-electron chi connectivity index (χ2n) is 19.2. The van der Waals surface area contributed by atoms with Crippen LogP contribution in [0.4, 0.5) is 17.1 Å². The van der Waals surface area contributed by atoms with Gasteiger partial charge in [0.1, 0.15) is 17.3 Å². The molecule has 0 amide bonds. The number of ether oxygens (including phenoxy) is 1. The van der Waals surface area contributed by atoms with E-state index in [1.807, 2.05) is 6.20 Å². The van der Waals surface area contributed by atoms with Gasteiger partial charge in [-0.2, -0.15) is 0 Å². The van der Waals surface area contributed by atoms with Crippen molar-refractivity contribution in [3.05, 3.63) is 205 Å². The minimum Gasteiger partial charge on any atom is -0.457 e. The third-order valence-corrected chi connectivity index (χ3v) is 13.5. The first-order valence-corrected chi connectivity index (χ1v) is 23.2. The van der Waals surface area contributed by atoms with Gasteiger partial charge in [-0.15, -0.1) is 0 Å². The highest BCUT2D eigenvalue weighted by Gasteiger charge is 2.27. The Kier molecular flexibility index (Phi) is 9.37. The molecule has 8 aromatic carbocycles. The van der Waals surface area contributed by atoms with Crippen LogP contribution >= 0.6 is 0 Å². The van der Waals surface area contributed by atoms with Gasteiger partial charge in [-0.05, 0) is 120 Å². The standard InChI is InChI=1S/C61H51N5O/c1-39-29-50(41-17-9-7-10-18-41)59-52(31-39)53-32-40(2)30-51(42-19-11-8-12-20-42)60(53)65(59)44-27-28-62-58(36-44)66-54-22-14-13-21-48(54)49-26-25-46(37-57(49)66)67-47-34-43(61(3,4)5)33-45(35-47)64-38-63(6)55-23-15-16-24-56(55)64/h7-37H,38H2,1-6H3. The van der Waals surface area contributed by atoms with Crippen LogP contribution in [0.3, 0.4) is 0 Å². The Morgan fingerprint density at radius 1 is 0.493 bits per heavy atom. The summed E-state index contributed by atoms with van der Waals surface area (Å²) >= 11 is 0. The van der Waals surface area contributed by atoms with Crippen molar-refractivity contribution in [2.24, 2.45) is 0 Å². The summed E-state index contributed by atoms with van der Waals surface area (Å²) in [5.41, 5.74) is 17.3. The summed E-state index contributed by atoms with van der Waals surface area (Å²) in [7, 11) is 2.15. The molecule has 12 rings (SSSR count). The summed E-state index contributed by atoms with van der Waals surface area (Å²) in [6.07, 6.45) is 1.96. The van der Waals surface area contributed by atoms with Crippen LogP contribution in [0.5, 0.6) is 11.5 Å². The lowest BCUT2D eigenvalue weighted by Gasteiger charge is -2.25. The van der Waals surface area contributed by atoms with Gasteiger partial charge in [0.2, 0.25) is 0 Å². The molecule has 0 N–H and O–H groups in total. The predicted octanol–water partition coefficient (Wildman–Crippen LogP) is 15.9. The number of rotatable bonds is 7. The number of para-hydroxylation sites is 3. The summed E-state index contributed by atoms with van der Waals surface area (Å²) < 4.78 is 11.7. The predicted molar refractivity (Wildman–Crippen MR) is 280 cm³/mol. The smallest absolute Gasteiger partial charge is 0.139 e. The number of aromatic nitrogens is 3. The quantitative estimate of drug-likeness (QED) is 0.160. The average molecular weight is 870 g/mol. The summed E-state index contributed by atoms with van der Waals surface area (Å²) in [5.74, 6) is 2.39. The molecule has 6 nitrogen and oxygen atoms in total. The first kappa shape index (κ1) is 40.4. The van der Waals surface area contributed by atoms with Gasteiger partial charge in [0.25, 0.3) is 0 Å². The fourth-order valence-electron chi connectivity index (χ4n) is 10.4. The van der Waals surface area contributed by atoms with Crippen molar-refractivity contribution in [3.8, 4) is 45.3 Å². The molecule has 0 saturated carbocycles. The second kappa shape index (κ2) is 15.5. The molecular formula is C61H51N5O. The lowest BCUT2D eigenvalue weighted by Crippen LogP contribution is -2.24. The van der Waals surface area contributed by atoms with Gasteiger partial charge in [-0.3, -0.25) is 4.57 Å². The Hall–Kier alpha value is -8.09. The van der Waals surface area contributed by atoms with Gasteiger partial charge in [0.05, 0.1) is 45.8 Å². The van der Waals surface area contributed by atoms with Crippen molar-refractivity contribution in [1.82, 2.24) is 14.1 Å². The van der Waals surface area contributed by atoms with E-state index < -0.39 is 0 Å². The average Bonchev–Trinajstić information content (AvgIpc) is 3.98. The maximum Gasteiger partial charge on any atom is 0.139 e. The zero-order chi connectivity index (χ0) is 45.6. The van der Waals surface area contributed by atoms with Crippen molar-refractivity contribution in [3.63, 3.8) is 0 Å².